The lowest BCUT2D eigenvalue weighted by Crippen LogP contribution is -2.30. The number of halogens is 1. The first kappa shape index (κ1) is 22.7. The van der Waals surface area contributed by atoms with E-state index in [2.05, 4.69) is 9.97 Å². The van der Waals surface area contributed by atoms with Crippen LogP contribution in [0.2, 0.25) is 0 Å². The largest absolute Gasteiger partial charge is 0.496 e. The molecule has 0 aliphatic rings. The molecule has 0 spiro atoms. The van der Waals surface area contributed by atoms with Gasteiger partial charge < -0.3 is 9.72 Å². The van der Waals surface area contributed by atoms with Gasteiger partial charge in [0.25, 0.3) is 0 Å². The molecular weight excluding hydrogens is 442 g/mol. The maximum atomic E-state index is 12.8. The van der Waals surface area contributed by atoms with Crippen LogP contribution >= 0.6 is 23.4 Å². The summed E-state index contributed by atoms with van der Waals surface area (Å²) in [5.41, 5.74) is 2.13. The van der Waals surface area contributed by atoms with Gasteiger partial charge in [-0.05, 0) is 48.2 Å². The van der Waals surface area contributed by atoms with E-state index in [0.29, 0.717) is 35.0 Å². The topological polar surface area (TPSA) is 75.3 Å². The van der Waals surface area contributed by atoms with Crippen LogP contribution in [0, 0.1) is 0 Å². The lowest BCUT2D eigenvalue weighted by Gasteiger charge is -2.18. The molecule has 0 amide bonds. The molecule has 9 heteroatoms. The second-order valence-corrected chi connectivity index (χ2v) is 9.65. The van der Waals surface area contributed by atoms with Gasteiger partial charge in [-0.2, -0.15) is 4.31 Å². The van der Waals surface area contributed by atoms with Crippen LogP contribution in [0.25, 0.3) is 22.1 Å². The molecule has 0 fully saturated rings. The quantitative estimate of drug-likeness (QED) is 0.470. The molecule has 3 rings (SSSR count). The van der Waals surface area contributed by atoms with E-state index in [4.69, 9.17) is 16.3 Å². The highest BCUT2D eigenvalue weighted by molar-refractivity contribution is 7.98. The Morgan fingerprint density at radius 1 is 1.23 bits per heavy atom. The second-order valence-electron chi connectivity index (χ2n) is 6.46. The van der Waals surface area contributed by atoms with E-state index >= 15 is 0 Å². The molecule has 0 saturated heterocycles. The summed E-state index contributed by atoms with van der Waals surface area (Å²) >= 11 is 8.11. The summed E-state index contributed by atoms with van der Waals surface area (Å²) in [4.78, 5) is 8.88. The number of hydrogen-bond acceptors (Lipinski definition) is 5. The third-order valence-electron chi connectivity index (χ3n) is 4.72. The molecule has 160 valence electrons. The van der Waals surface area contributed by atoms with Gasteiger partial charge in [0, 0.05) is 18.0 Å². The number of methoxy groups -OCH3 is 1. The minimum absolute atomic E-state index is 0.228. The van der Waals surface area contributed by atoms with Crippen molar-refractivity contribution in [3.63, 3.8) is 0 Å². The van der Waals surface area contributed by atoms with Crippen molar-refractivity contribution in [1.82, 2.24) is 14.3 Å². The number of H-pyrrole nitrogens is 1. The summed E-state index contributed by atoms with van der Waals surface area (Å²) in [5, 5.41) is 0.415. The van der Waals surface area contributed by atoms with Gasteiger partial charge in [-0.15, -0.1) is 11.8 Å². The summed E-state index contributed by atoms with van der Waals surface area (Å²) in [6, 6.07) is 10.7. The number of thioether (sulfide) groups is 1. The first-order chi connectivity index (χ1) is 14.3. The number of fused-ring (bicyclic) bond motifs is 1. The van der Waals surface area contributed by atoms with Crippen LogP contribution in [-0.2, 0) is 10.0 Å². The number of imidazole rings is 1. The van der Waals surface area contributed by atoms with E-state index in [1.54, 1.807) is 43.1 Å². The molecular formula is C21H24ClN3O3S2. The van der Waals surface area contributed by atoms with E-state index in [9.17, 15) is 8.42 Å². The van der Waals surface area contributed by atoms with E-state index in [1.165, 1.54) is 4.31 Å². The van der Waals surface area contributed by atoms with Crippen molar-refractivity contribution in [3.05, 3.63) is 47.8 Å². The fourth-order valence-corrected chi connectivity index (χ4v) is 5.38. The third kappa shape index (κ3) is 4.51. The van der Waals surface area contributed by atoms with Crippen LogP contribution in [0.4, 0.5) is 0 Å². The lowest BCUT2D eigenvalue weighted by molar-refractivity contribution is 0.405. The van der Waals surface area contributed by atoms with Gasteiger partial charge in [0.2, 0.25) is 10.0 Å². The van der Waals surface area contributed by atoms with Crippen molar-refractivity contribution < 1.29 is 13.2 Å². The molecule has 2 aromatic carbocycles. The summed E-state index contributed by atoms with van der Waals surface area (Å²) in [6.45, 7) is 4.47. The number of aromatic nitrogens is 2. The molecule has 0 saturated carbocycles. The Balaban J connectivity index is 1.97. The Morgan fingerprint density at radius 3 is 2.60 bits per heavy atom. The summed E-state index contributed by atoms with van der Waals surface area (Å²) in [6.07, 6.45) is 3.78. The zero-order chi connectivity index (χ0) is 21.9. The minimum Gasteiger partial charge on any atom is -0.496 e. The molecule has 0 aliphatic heterocycles. The number of hydrogen-bond donors (Lipinski definition) is 1. The number of benzene rings is 2. The lowest BCUT2D eigenvalue weighted by atomic mass is 10.2. The van der Waals surface area contributed by atoms with Crippen molar-refractivity contribution in [1.29, 1.82) is 0 Å². The normalized spacial score (nSPS) is 12.7. The Labute approximate surface area is 186 Å². The van der Waals surface area contributed by atoms with E-state index in [0.717, 1.165) is 16.2 Å². The van der Waals surface area contributed by atoms with Crippen molar-refractivity contribution >= 4 is 55.5 Å². The standard InChI is InChI=1S/C21H24ClN3O3S2/c1-5-25(6-2)30(26,27)15-8-9-17-18(13-15)24-21(23-17)16(22)11-14-7-10-20(29-4)19(12-14)28-3/h7-13H,5-6H2,1-4H3,(H,23,24). The van der Waals surface area contributed by atoms with E-state index in [1.807, 2.05) is 38.3 Å². The van der Waals surface area contributed by atoms with Crippen LogP contribution in [0.1, 0.15) is 25.2 Å². The molecule has 0 radical (unpaired) electrons. The van der Waals surface area contributed by atoms with Crippen molar-refractivity contribution in [2.24, 2.45) is 0 Å². The smallest absolute Gasteiger partial charge is 0.243 e. The van der Waals surface area contributed by atoms with E-state index < -0.39 is 10.0 Å². The summed E-state index contributed by atoms with van der Waals surface area (Å²) < 4.78 is 32.4. The zero-order valence-corrected chi connectivity index (χ0v) is 19.7. The number of nitrogens with zero attached hydrogens (tertiary/aromatic N) is 2. The molecule has 30 heavy (non-hydrogen) atoms. The Hall–Kier alpha value is -2.00. The number of aromatic amines is 1. The molecule has 1 heterocycles. The predicted molar refractivity (Wildman–Crippen MR) is 125 cm³/mol. The van der Waals surface area contributed by atoms with Crippen LogP contribution in [0.5, 0.6) is 5.75 Å². The van der Waals surface area contributed by atoms with Crippen molar-refractivity contribution in [2.75, 3.05) is 26.5 Å². The third-order valence-corrected chi connectivity index (χ3v) is 7.83. The van der Waals surface area contributed by atoms with Crippen LogP contribution < -0.4 is 4.74 Å². The average molecular weight is 466 g/mol. The first-order valence-corrected chi connectivity index (χ1v) is 12.5. The van der Waals surface area contributed by atoms with Gasteiger partial charge >= 0.3 is 0 Å². The molecule has 0 bridgehead atoms. The predicted octanol–water partition coefficient (Wildman–Crippen LogP) is 5.06. The monoisotopic (exact) mass is 465 g/mol. The van der Waals surface area contributed by atoms with Gasteiger partial charge in [0.1, 0.15) is 11.6 Å². The molecule has 3 aromatic rings. The van der Waals surface area contributed by atoms with Gasteiger partial charge in [-0.25, -0.2) is 13.4 Å². The first-order valence-electron chi connectivity index (χ1n) is 9.43. The molecule has 1 aromatic heterocycles. The van der Waals surface area contributed by atoms with Gasteiger partial charge in [0.05, 0.1) is 28.1 Å². The van der Waals surface area contributed by atoms with E-state index in [-0.39, 0.29) is 4.90 Å². The zero-order valence-electron chi connectivity index (χ0n) is 17.3. The maximum Gasteiger partial charge on any atom is 0.243 e. The van der Waals surface area contributed by atoms with Crippen molar-refractivity contribution in [3.8, 4) is 5.75 Å². The van der Waals surface area contributed by atoms with Crippen molar-refractivity contribution in [2.45, 2.75) is 23.6 Å². The molecule has 1 N–H and O–H groups in total. The van der Waals surface area contributed by atoms with Crippen LogP contribution in [0.3, 0.4) is 0 Å². The SMILES string of the molecule is CCN(CC)S(=O)(=O)c1ccc2nc(C(Cl)=Cc3ccc(SC)c(OC)c3)[nH]c2c1. The fraction of sp³-hybridized carbons (Fsp3) is 0.286. The highest BCUT2D eigenvalue weighted by Crippen LogP contribution is 2.31. The Morgan fingerprint density at radius 2 is 1.97 bits per heavy atom. The van der Waals surface area contributed by atoms with Gasteiger partial charge in [0.15, 0.2) is 0 Å². The van der Waals surface area contributed by atoms with Gasteiger partial charge in [-0.1, -0.05) is 31.5 Å². The summed E-state index contributed by atoms with van der Waals surface area (Å²) in [7, 11) is -1.91. The van der Waals surface area contributed by atoms with Crippen LogP contribution in [-0.4, -0.2) is 49.1 Å². The number of sulfonamides is 1. The second kappa shape index (κ2) is 9.43. The maximum absolute atomic E-state index is 12.8. The van der Waals surface area contributed by atoms with Crippen LogP contribution in [0.15, 0.2) is 46.2 Å². The number of rotatable bonds is 8. The fourth-order valence-electron chi connectivity index (χ4n) is 3.13. The Kier molecular flexibility index (Phi) is 7.13. The molecule has 6 nitrogen and oxygen atoms in total. The minimum atomic E-state index is -3.54. The number of ether oxygens (including phenoxy) is 1. The summed E-state index contributed by atoms with van der Waals surface area (Å²) in [5.74, 6) is 1.24. The molecule has 0 aliphatic carbocycles. The molecule has 0 atom stereocenters. The Bertz CT molecular complexity index is 1190. The molecule has 0 unspecified atom stereocenters. The highest BCUT2D eigenvalue weighted by atomic mass is 35.5. The number of nitrogens with one attached hydrogen (secondary N) is 1. The highest BCUT2D eigenvalue weighted by Gasteiger charge is 2.22. The van der Waals surface area contributed by atoms with Gasteiger partial charge in [-0.3, -0.25) is 0 Å². The average Bonchev–Trinajstić information content (AvgIpc) is 3.18.